The van der Waals surface area contributed by atoms with Crippen LogP contribution < -0.4 is 21.5 Å². The predicted molar refractivity (Wildman–Crippen MR) is 127 cm³/mol. The highest BCUT2D eigenvalue weighted by molar-refractivity contribution is 6.30. The third-order valence-electron chi connectivity index (χ3n) is 6.38. The molecule has 12 heteroatoms. The van der Waals surface area contributed by atoms with Gasteiger partial charge in [-0.1, -0.05) is 11.6 Å². The summed E-state index contributed by atoms with van der Waals surface area (Å²) in [6.45, 7) is 1.19. The maximum Gasteiger partial charge on any atom is 0.274 e. The molecule has 0 bridgehead atoms. The van der Waals surface area contributed by atoms with Crippen LogP contribution in [0.4, 0.5) is 17.3 Å². The first kappa shape index (κ1) is 22.6. The molecule has 11 nitrogen and oxygen atoms in total. The molecule has 0 radical (unpaired) electrons. The SMILES string of the molecule is CNc1cc(Nc2cc(Cl)cn(C3CCOCC3)c2=O)nc2c(C(=O)NC3CC[C@@H]3O)cnn12. The smallest absolute Gasteiger partial charge is 0.274 e. The highest BCUT2D eigenvalue weighted by atomic mass is 35.5. The number of carbonyl (C=O) groups is 1. The van der Waals surface area contributed by atoms with Crippen molar-refractivity contribution in [2.75, 3.05) is 30.9 Å². The number of aromatic nitrogens is 4. The Kier molecular flexibility index (Phi) is 6.15. The van der Waals surface area contributed by atoms with Crippen LogP contribution in [-0.4, -0.2) is 62.6 Å². The molecule has 4 N–H and O–H groups in total. The Morgan fingerprint density at radius 3 is 2.71 bits per heavy atom. The summed E-state index contributed by atoms with van der Waals surface area (Å²) in [5.74, 6) is 0.560. The number of aliphatic hydroxyl groups excluding tert-OH is 1. The number of rotatable bonds is 6. The fourth-order valence-electron chi connectivity index (χ4n) is 4.29. The monoisotopic (exact) mass is 487 g/mol. The van der Waals surface area contributed by atoms with Crippen molar-refractivity contribution in [2.24, 2.45) is 0 Å². The van der Waals surface area contributed by atoms with Crippen LogP contribution in [0.2, 0.25) is 5.02 Å². The predicted octanol–water partition coefficient (Wildman–Crippen LogP) is 1.93. The van der Waals surface area contributed by atoms with Crippen LogP contribution in [-0.2, 0) is 4.74 Å². The summed E-state index contributed by atoms with van der Waals surface area (Å²) < 4.78 is 8.57. The van der Waals surface area contributed by atoms with Gasteiger partial charge in [0, 0.05) is 38.6 Å². The molecule has 2 fully saturated rings. The molecular weight excluding hydrogens is 462 g/mol. The van der Waals surface area contributed by atoms with E-state index >= 15 is 0 Å². The van der Waals surface area contributed by atoms with E-state index in [2.05, 4.69) is 26.0 Å². The molecule has 2 aliphatic rings. The Morgan fingerprint density at radius 2 is 2.03 bits per heavy atom. The van der Waals surface area contributed by atoms with Crippen LogP contribution in [0.1, 0.15) is 42.1 Å². The number of aliphatic hydroxyl groups is 1. The van der Waals surface area contributed by atoms with Gasteiger partial charge < -0.3 is 30.4 Å². The minimum Gasteiger partial charge on any atom is -0.391 e. The fourth-order valence-corrected chi connectivity index (χ4v) is 4.51. The lowest BCUT2D eigenvalue weighted by molar-refractivity contribution is 0.0448. The first-order valence-electron chi connectivity index (χ1n) is 11.3. The van der Waals surface area contributed by atoms with Gasteiger partial charge >= 0.3 is 0 Å². The van der Waals surface area contributed by atoms with Gasteiger partial charge in [-0.25, -0.2) is 4.98 Å². The van der Waals surface area contributed by atoms with E-state index in [-0.39, 0.29) is 34.8 Å². The number of hydrogen-bond donors (Lipinski definition) is 4. The summed E-state index contributed by atoms with van der Waals surface area (Å²) in [7, 11) is 1.72. The number of amides is 1. The molecule has 1 saturated heterocycles. The third kappa shape index (κ3) is 4.22. The molecule has 0 aromatic carbocycles. The fraction of sp³-hybridized carbons (Fsp3) is 0.455. The van der Waals surface area contributed by atoms with Crippen LogP contribution in [0.25, 0.3) is 5.65 Å². The van der Waals surface area contributed by atoms with Crippen molar-refractivity contribution in [3.05, 3.63) is 45.5 Å². The molecular formula is C22H26ClN7O4. The van der Waals surface area contributed by atoms with E-state index in [4.69, 9.17) is 16.3 Å². The Labute approximate surface area is 200 Å². The third-order valence-corrected chi connectivity index (χ3v) is 6.59. The van der Waals surface area contributed by atoms with Crippen molar-refractivity contribution in [2.45, 2.75) is 43.9 Å². The quantitative estimate of drug-likeness (QED) is 0.414. The first-order valence-corrected chi connectivity index (χ1v) is 11.6. The number of ether oxygens (including phenoxy) is 1. The summed E-state index contributed by atoms with van der Waals surface area (Å²) in [5.41, 5.74) is 0.646. The topological polar surface area (TPSA) is 135 Å². The number of pyridine rings is 1. The van der Waals surface area contributed by atoms with E-state index < -0.39 is 6.10 Å². The van der Waals surface area contributed by atoms with Crippen molar-refractivity contribution >= 4 is 40.5 Å². The van der Waals surface area contributed by atoms with Crippen LogP contribution in [0.3, 0.4) is 0 Å². The summed E-state index contributed by atoms with van der Waals surface area (Å²) in [6.07, 6.45) is 5.41. The standard InChI is InChI=1S/C22H26ClN7O4/c1-24-19-9-18(26-16-8-12(23)11-29(22(16)33)13-4-6-34-7-5-13)28-20-14(10-25-30(19)20)21(32)27-15-2-3-17(15)31/h8-11,13,15,17,24,31H,2-7H2,1H3,(H,26,28)(H,27,32)/t15?,17-/m0/s1. The molecule has 1 amide bonds. The second kappa shape index (κ2) is 9.24. The maximum absolute atomic E-state index is 13.2. The number of hydrogen-bond acceptors (Lipinski definition) is 8. The van der Waals surface area contributed by atoms with E-state index in [1.807, 2.05) is 0 Å². The van der Waals surface area contributed by atoms with Gasteiger partial charge in [0.25, 0.3) is 11.5 Å². The van der Waals surface area contributed by atoms with Crippen LogP contribution >= 0.6 is 11.6 Å². The molecule has 3 aromatic heterocycles. The number of anilines is 3. The highest BCUT2D eigenvalue weighted by Crippen LogP contribution is 2.25. The lowest BCUT2D eigenvalue weighted by Crippen LogP contribution is -2.50. The van der Waals surface area contributed by atoms with Crippen LogP contribution in [0.15, 0.2) is 29.3 Å². The van der Waals surface area contributed by atoms with E-state index in [1.165, 1.54) is 10.7 Å². The number of nitrogens with zero attached hydrogens (tertiary/aromatic N) is 4. The van der Waals surface area contributed by atoms with Gasteiger partial charge in [0.05, 0.1) is 23.4 Å². The van der Waals surface area contributed by atoms with Crippen molar-refractivity contribution < 1.29 is 14.6 Å². The van der Waals surface area contributed by atoms with Gasteiger partial charge in [0.15, 0.2) is 5.65 Å². The van der Waals surface area contributed by atoms with Crippen LogP contribution in [0.5, 0.6) is 0 Å². The van der Waals surface area contributed by atoms with E-state index in [0.717, 1.165) is 19.3 Å². The van der Waals surface area contributed by atoms with E-state index in [9.17, 15) is 14.7 Å². The molecule has 2 atom stereocenters. The van der Waals surface area contributed by atoms with Crippen molar-refractivity contribution in [3.8, 4) is 0 Å². The first-order chi connectivity index (χ1) is 16.4. The summed E-state index contributed by atoms with van der Waals surface area (Å²) in [4.78, 5) is 30.6. The van der Waals surface area contributed by atoms with Crippen molar-refractivity contribution in [1.29, 1.82) is 0 Å². The van der Waals surface area contributed by atoms with Crippen LogP contribution in [0, 0.1) is 0 Å². The average Bonchev–Trinajstić information content (AvgIpc) is 3.27. The number of halogens is 1. The Morgan fingerprint density at radius 1 is 1.24 bits per heavy atom. The molecule has 1 aliphatic heterocycles. The zero-order chi connectivity index (χ0) is 23.8. The zero-order valence-electron chi connectivity index (χ0n) is 18.6. The normalized spacial score (nSPS) is 20.7. The second-order valence-corrected chi connectivity index (χ2v) is 8.98. The second-order valence-electron chi connectivity index (χ2n) is 8.55. The molecule has 1 unspecified atom stereocenters. The number of carbonyl (C=O) groups excluding carboxylic acids is 1. The van der Waals surface area contributed by atoms with Gasteiger partial charge in [0.2, 0.25) is 0 Å². The maximum atomic E-state index is 13.2. The summed E-state index contributed by atoms with van der Waals surface area (Å²) >= 11 is 6.34. The van der Waals surface area contributed by atoms with Gasteiger partial charge in [-0.3, -0.25) is 9.59 Å². The van der Waals surface area contributed by atoms with E-state index in [1.54, 1.807) is 29.9 Å². The number of fused-ring (bicyclic) bond motifs is 1. The van der Waals surface area contributed by atoms with Gasteiger partial charge in [-0.2, -0.15) is 9.61 Å². The lowest BCUT2D eigenvalue weighted by Gasteiger charge is -2.32. The minimum absolute atomic E-state index is 0.00999. The van der Waals surface area contributed by atoms with Crippen molar-refractivity contribution in [1.82, 2.24) is 24.5 Å². The molecule has 0 spiro atoms. The van der Waals surface area contributed by atoms with Crippen molar-refractivity contribution in [3.63, 3.8) is 0 Å². The average molecular weight is 488 g/mol. The molecule has 3 aromatic rings. The molecule has 1 saturated carbocycles. The lowest BCUT2D eigenvalue weighted by atomic mass is 9.89. The molecule has 5 rings (SSSR count). The minimum atomic E-state index is -0.537. The van der Waals surface area contributed by atoms with Gasteiger partial charge in [-0.05, 0) is 31.7 Å². The Bertz CT molecular complexity index is 1280. The van der Waals surface area contributed by atoms with E-state index in [0.29, 0.717) is 41.9 Å². The summed E-state index contributed by atoms with van der Waals surface area (Å²) in [6, 6.07) is 2.99. The highest BCUT2D eigenvalue weighted by Gasteiger charge is 2.31. The summed E-state index contributed by atoms with van der Waals surface area (Å²) in [5, 5.41) is 23.4. The molecule has 34 heavy (non-hydrogen) atoms. The molecule has 1 aliphatic carbocycles. The van der Waals surface area contributed by atoms with Gasteiger partial charge in [0.1, 0.15) is 22.9 Å². The molecule has 4 heterocycles. The molecule has 180 valence electrons. The Balaban J connectivity index is 1.49. The van der Waals surface area contributed by atoms with Gasteiger partial charge in [-0.15, -0.1) is 0 Å². The number of nitrogens with one attached hydrogen (secondary N) is 3. The Hall–Kier alpha value is -3.15. The largest absolute Gasteiger partial charge is 0.391 e. The zero-order valence-corrected chi connectivity index (χ0v) is 19.4.